The Hall–Kier alpha value is -3.61. The number of nitrogens with one attached hydrogen (secondary N) is 1. The van der Waals surface area contributed by atoms with Gasteiger partial charge in [-0.1, -0.05) is 19.1 Å². The number of aryl methyl sites for hydroxylation is 2. The number of anilines is 1. The predicted octanol–water partition coefficient (Wildman–Crippen LogP) is 4.68. The Balaban J connectivity index is 1.78. The molecule has 7 heteroatoms. The van der Waals surface area contributed by atoms with E-state index >= 15 is 0 Å². The third-order valence-corrected chi connectivity index (χ3v) is 5.14. The molecule has 7 nitrogen and oxygen atoms in total. The van der Waals surface area contributed by atoms with Gasteiger partial charge in [0.05, 0.1) is 36.4 Å². The first-order valence-corrected chi connectivity index (χ1v) is 10.5. The SMILES string of the molecule is CCOc1ncccc1-c1cc(NCc2ccc(OC)cc2)c2c(CC)nc(C)n2n1. The van der Waals surface area contributed by atoms with Crippen molar-refractivity contribution in [1.82, 2.24) is 19.6 Å². The van der Waals surface area contributed by atoms with E-state index in [1.165, 1.54) is 0 Å². The normalized spacial score (nSPS) is 11.0. The van der Waals surface area contributed by atoms with E-state index in [2.05, 4.69) is 35.4 Å². The number of imidazole rings is 1. The van der Waals surface area contributed by atoms with Crippen molar-refractivity contribution in [2.75, 3.05) is 19.0 Å². The Morgan fingerprint density at radius 2 is 1.90 bits per heavy atom. The van der Waals surface area contributed by atoms with Crippen LogP contribution in [0.15, 0.2) is 48.7 Å². The zero-order valence-electron chi connectivity index (χ0n) is 18.3. The number of pyridine rings is 1. The van der Waals surface area contributed by atoms with Gasteiger partial charge in [0.2, 0.25) is 5.88 Å². The van der Waals surface area contributed by atoms with E-state index in [9.17, 15) is 0 Å². The molecule has 1 aromatic carbocycles. The fraction of sp³-hybridized carbons (Fsp3) is 0.292. The minimum atomic E-state index is 0.541. The molecule has 3 heterocycles. The van der Waals surface area contributed by atoms with E-state index in [-0.39, 0.29) is 0 Å². The van der Waals surface area contributed by atoms with Crippen LogP contribution in [-0.2, 0) is 13.0 Å². The van der Waals surface area contributed by atoms with Crippen LogP contribution in [0.2, 0.25) is 0 Å². The summed E-state index contributed by atoms with van der Waals surface area (Å²) in [5.41, 5.74) is 5.78. The van der Waals surface area contributed by atoms with Gasteiger partial charge in [-0.2, -0.15) is 5.10 Å². The molecule has 0 saturated heterocycles. The first-order chi connectivity index (χ1) is 15.1. The van der Waals surface area contributed by atoms with Gasteiger partial charge in [0, 0.05) is 12.7 Å². The van der Waals surface area contributed by atoms with Gasteiger partial charge in [0.25, 0.3) is 0 Å². The van der Waals surface area contributed by atoms with Gasteiger partial charge >= 0.3 is 0 Å². The van der Waals surface area contributed by atoms with Gasteiger partial charge in [-0.25, -0.2) is 14.5 Å². The Labute approximate surface area is 182 Å². The van der Waals surface area contributed by atoms with Gasteiger partial charge in [0.15, 0.2) is 0 Å². The quantitative estimate of drug-likeness (QED) is 0.449. The molecule has 4 aromatic rings. The van der Waals surface area contributed by atoms with E-state index in [0.717, 1.165) is 51.7 Å². The Morgan fingerprint density at radius 1 is 1.10 bits per heavy atom. The first kappa shape index (κ1) is 20.7. The molecule has 3 aromatic heterocycles. The number of hydrogen-bond donors (Lipinski definition) is 1. The molecule has 0 aliphatic rings. The van der Waals surface area contributed by atoms with Crippen LogP contribution >= 0.6 is 0 Å². The summed E-state index contributed by atoms with van der Waals surface area (Å²) >= 11 is 0. The standard InChI is InChI=1S/C24H27N5O2/c1-5-20-23-22(26-15-17-9-11-18(30-4)12-10-17)14-21(28-29(23)16(3)27-20)19-8-7-13-25-24(19)31-6-2/h7-14,26H,5-6,15H2,1-4H3. The summed E-state index contributed by atoms with van der Waals surface area (Å²) in [6.45, 7) is 7.24. The third kappa shape index (κ3) is 4.17. The lowest BCUT2D eigenvalue weighted by Crippen LogP contribution is -2.06. The van der Waals surface area contributed by atoms with Crippen molar-refractivity contribution in [3.63, 3.8) is 0 Å². The molecule has 1 N–H and O–H groups in total. The first-order valence-electron chi connectivity index (χ1n) is 10.5. The monoisotopic (exact) mass is 417 g/mol. The number of nitrogens with zero attached hydrogens (tertiary/aromatic N) is 4. The molecular weight excluding hydrogens is 390 g/mol. The maximum Gasteiger partial charge on any atom is 0.222 e. The molecule has 0 aliphatic carbocycles. The molecule has 160 valence electrons. The third-order valence-electron chi connectivity index (χ3n) is 5.14. The van der Waals surface area contributed by atoms with Crippen molar-refractivity contribution in [2.45, 2.75) is 33.7 Å². The van der Waals surface area contributed by atoms with E-state index in [1.807, 2.05) is 42.6 Å². The minimum absolute atomic E-state index is 0.541. The number of ether oxygens (including phenoxy) is 2. The summed E-state index contributed by atoms with van der Waals surface area (Å²) in [7, 11) is 1.67. The Morgan fingerprint density at radius 3 is 2.61 bits per heavy atom. The minimum Gasteiger partial charge on any atom is -0.497 e. The molecule has 0 saturated carbocycles. The number of methoxy groups -OCH3 is 1. The van der Waals surface area contributed by atoms with Gasteiger partial charge in [-0.3, -0.25) is 0 Å². The van der Waals surface area contributed by atoms with Crippen LogP contribution in [0.3, 0.4) is 0 Å². The molecular formula is C24H27N5O2. The highest BCUT2D eigenvalue weighted by Crippen LogP contribution is 2.32. The summed E-state index contributed by atoms with van der Waals surface area (Å²) in [6.07, 6.45) is 2.56. The van der Waals surface area contributed by atoms with E-state index < -0.39 is 0 Å². The maximum atomic E-state index is 5.74. The summed E-state index contributed by atoms with van der Waals surface area (Å²) in [5, 5.41) is 8.46. The maximum absolute atomic E-state index is 5.74. The van der Waals surface area contributed by atoms with E-state index in [4.69, 9.17) is 19.6 Å². The van der Waals surface area contributed by atoms with Crippen molar-refractivity contribution in [2.24, 2.45) is 0 Å². The highest BCUT2D eigenvalue weighted by atomic mass is 16.5. The van der Waals surface area contributed by atoms with Gasteiger partial charge < -0.3 is 14.8 Å². The second-order valence-electron chi connectivity index (χ2n) is 7.15. The highest BCUT2D eigenvalue weighted by Gasteiger charge is 2.17. The molecule has 31 heavy (non-hydrogen) atoms. The van der Waals surface area contributed by atoms with Crippen LogP contribution in [0.4, 0.5) is 5.69 Å². The Bertz CT molecular complexity index is 1180. The zero-order valence-corrected chi connectivity index (χ0v) is 18.3. The molecule has 0 aliphatic heterocycles. The van der Waals surface area contributed by atoms with Crippen LogP contribution in [0, 0.1) is 6.92 Å². The fourth-order valence-corrected chi connectivity index (χ4v) is 3.60. The second-order valence-corrected chi connectivity index (χ2v) is 7.15. The lowest BCUT2D eigenvalue weighted by molar-refractivity contribution is 0.328. The molecule has 0 spiro atoms. The van der Waals surface area contributed by atoms with Crippen molar-refractivity contribution in [1.29, 1.82) is 0 Å². The average molecular weight is 418 g/mol. The smallest absolute Gasteiger partial charge is 0.222 e. The van der Waals surface area contributed by atoms with Gasteiger partial charge in [0.1, 0.15) is 17.1 Å². The zero-order chi connectivity index (χ0) is 21.8. The number of fused-ring (bicyclic) bond motifs is 1. The number of benzene rings is 1. The van der Waals surface area contributed by atoms with E-state index in [0.29, 0.717) is 19.0 Å². The number of hydrogen-bond acceptors (Lipinski definition) is 6. The second kappa shape index (κ2) is 9.04. The highest BCUT2D eigenvalue weighted by molar-refractivity contribution is 5.80. The molecule has 4 rings (SSSR count). The number of rotatable bonds is 8. The summed E-state index contributed by atoms with van der Waals surface area (Å²) in [5.74, 6) is 2.27. The van der Waals surface area contributed by atoms with Crippen LogP contribution in [0.5, 0.6) is 11.6 Å². The van der Waals surface area contributed by atoms with Crippen LogP contribution < -0.4 is 14.8 Å². The summed E-state index contributed by atoms with van der Waals surface area (Å²) < 4.78 is 12.9. The van der Waals surface area contributed by atoms with Crippen molar-refractivity contribution in [3.8, 4) is 22.9 Å². The average Bonchev–Trinajstić information content (AvgIpc) is 3.14. The van der Waals surface area contributed by atoms with Crippen molar-refractivity contribution in [3.05, 3.63) is 65.7 Å². The van der Waals surface area contributed by atoms with Crippen molar-refractivity contribution >= 4 is 11.2 Å². The molecule has 0 unspecified atom stereocenters. The molecule has 0 amide bonds. The van der Waals surface area contributed by atoms with Gasteiger partial charge in [-0.15, -0.1) is 0 Å². The van der Waals surface area contributed by atoms with Crippen LogP contribution in [0.1, 0.15) is 30.9 Å². The Kier molecular flexibility index (Phi) is 6.02. The number of aromatic nitrogens is 4. The van der Waals surface area contributed by atoms with Crippen LogP contribution in [0.25, 0.3) is 16.8 Å². The fourth-order valence-electron chi connectivity index (χ4n) is 3.60. The molecule has 0 fully saturated rings. The largest absolute Gasteiger partial charge is 0.497 e. The summed E-state index contributed by atoms with van der Waals surface area (Å²) in [4.78, 5) is 9.13. The lowest BCUT2D eigenvalue weighted by Gasteiger charge is -2.14. The van der Waals surface area contributed by atoms with E-state index in [1.54, 1.807) is 13.3 Å². The van der Waals surface area contributed by atoms with Crippen molar-refractivity contribution < 1.29 is 9.47 Å². The lowest BCUT2D eigenvalue weighted by atomic mass is 10.1. The molecule has 0 atom stereocenters. The predicted molar refractivity (Wildman–Crippen MR) is 122 cm³/mol. The van der Waals surface area contributed by atoms with Crippen LogP contribution in [-0.4, -0.2) is 33.3 Å². The molecule has 0 bridgehead atoms. The topological polar surface area (TPSA) is 73.6 Å². The molecule has 0 radical (unpaired) electrons. The van der Waals surface area contributed by atoms with Gasteiger partial charge in [-0.05, 0) is 56.2 Å². The summed E-state index contributed by atoms with van der Waals surface area (Å²) in [6, 6.07) is 14.0.